The monoisotopic (exact) mass is 312 g/mol. The van der Waals surface area contributed by atoms with Crippen LogP contribution in [0.3, 0.4) is 0 Å². The van der Waals surface area contributed by atoms with Crippen molar-refractivity contribution in [3.63, 3.8) is 0 Å². The number of fused-ring (bicyclic) bond motifs is 1. The highest BCUT2D eigenvalue weighted by Crippen LogP contribution is 2.21. The molecular weight excluding hydrogens is 296 g/mol. The summed E-state index contributed by atoms with van der Waals surface area (Å²) >= 11 is 0. The summed E-state index contributed by atoms with van der Waals surface area (Å²) in [6, 6.07) is 6.67. The van der Waals surface area contributed by atoms with Crippen LogP contribution in [0.25, 0.3) is 10.9 Å². The number of aromatic nitrogens is 1. The first-order chi connectivity index (χ1) is 11.2. The highest BCUT2D eigenvalue weighted by Gasteiger charge is 2.29. The fraction of sp³-hybridized carbons (Fsp3) is 0.188. The van der Waals surface area contributed by atoms with Gasteiger partial charge in [-0.2, -0.15) is 0 Å². The number of rotatable bonds is 6. The minimum absolute atomic E-state index is 0.208. The largest absolute Gasteiger partial charge is 0.480 e. The summed E-state index contributed by atoms with van der Waals surface area (Å²) in [4.78, 5) is 30.2. The van der Waals surface area contributed by atoms with Crippen LogP contribution < -0.4 is 0 Å². The lowest BCUT2D eigenvalue weighted by atomic mass is 10.0. The molecule has 0 aliphatic carbocycles. The first kappa shape index (κ1) is 14.8. The number of hydrogen-bond donors (Lipinski definition) is 2. The van der Waals surface area contributed by atoms with Crippen molar-refractivity contribution in [2.75, 3.05) is 6.54 Å². The number of nitrogens with zero attached hydrogens (tertiary/aromatic N) is 3. The number of amides is 1. The number of aliphatic imine (C=N–C) groups is 1. The van der Waals surface area contributed by atoms with E-state index < -0.39 is 12.0 Å². The summed E-state index contributed by atoms with van der Waals surface area (Å²) in [5.41, 5.74) is 1.80. The van der Waals surface area contributed by atoms with Gasteiger partial charge in [0.15, 0.2) is 6.04 Å². The Hall–Kier alpha value is -3.09. The van der Waals surface area contributed by atoms with Gasteiger partial charge in [-0.15, -0.1) is 0 Å². The molecule has 0 saturated carbocycles. The molecule has 3 rings (SSSR count). The summed E-state index contributed by atoms with van der Waals surface area (Å²) in [6.45, 7) is 0.354. The molecular formula is C16H16N4O3. The molecule has 1 aromatic carbocycles. The van der Waals surface area contributed by atoms with E-state index in [0.29, 0.717) is 13.0 Å². The van der Waals surface area contributed by atoms with E-state index in [4.69, 9.17) is 0 Å². The first-order valence-electron chi connectivity index (χ1n) is 7.17. The quantitative estimate of drug-likeness (QED) is 0.789. The van der Waals surface area contributed by atoms with E-state index in [-0.39, 0.29) is 6.42 Å². The zero-order valence-electron chi connectivity index (χ0n) is 12.3. The molecule has 0 fully saturated rings. The van der Waals surface area contributed by atoms with Gasteiger partial charge in [-0.3, -0.25) is 14.8 Å². The average molecular weight is 312 g/mol. The third-order valence-electron chi connectivity index (χ3n) is 3.80. The number of para-hydroxylation sites is 1. The van der Waals surface area contributed by atoms with E-state index in [9.17, 15) is 14.7 Å². The molecule has 1 aromatic heterocycles. The molecule has 0 unspecified atom stereocenters. The van der Waals surface area contributed by atoms with Crippen molar-refractivity contribution in [2.24, 2.45) is 4.99 Å². The molecule has 1 aliphatic heterocycles. The third kappa shape index (κ3) is 2.94. The topological polar surface area (TPSA) is 89.0 Å². The van der Waals surface area contributed by atoms with Gasteiger partial charge >= 0.3 is 5.97 Å². The van der Waals surface area contributed by atoms with Gasteiger partial charge < -0.3 is 10.1 Å². The number of hydrazine groups is 1. The zero-order valence-corrected chi connectivity index (χ0v) is 12.3. The third-order valence-corrected chi connectivity index (χ3v) is 3.80. The van der Waals surface area contributed by atoms with Crippen LogP contribution >= 0.6 is 0 Å². The molecule has 1 atom stereocenters. The second kappa shape index (κ2) is 6.35. The van der Waals surface area contributed by atoms with E-state index in [1.54, 1.807) is 18.6 Å². The second-order valence-corrected chi connectivity index (χ2v) is 5.15. The number of aromatic amines is 1. The van der Waals surface area contributed by atoms with Gasteiger partial charge in [0.25, 0.3) is 0 Å². The summed E-state index contributed by atoms with van der Waals surface area (Å²) in [5.74, 6) is -1.06. The summed E-state index contributed by atoms with van der Waals surface area (Å²) in [7, 11) is 0. The van der Waals surface area contributed by atoms with Gasteiger partial charge in [-0.05, 0) is 11.6 Å². The molecule has 0 saturated heterocycles. The second-order valence-electron chi connectivity index (χ2n) is 5.15. The number of hydrogen-bond acceptors (Lipinski definition) is 4. The van der Waals surface area contributed by atoms with Crippen molar-refractivity contribution in [3.05, 3.63) is 48.4 Å². The van der Waals surface area contributed by atoms with Crippen molar-refractivity contribution < 1.29 is 14.7 Å². The summed E-state index contributed by atoms with van der Waals surface area (Å²) < 4.78 is 0. The van der Waals surface area contributed by atoms with Crippen LogP contribution in [-0.4, -0.2) is 51.3 Å². The molecule has 2 heterocycles. The lowest BCUT2D eigenvalue weighted by Crippen LogP contribution is -2.51. The SMILES string of the molecule is O=CN([C@@H](Cc1c[nH]c2ccccc12)C(=O)O)N1C=CN=CC1. The number of carboxylic acid groups (broad SMARTS) is 1. The number of benzene rings is 1. The predicted molar refractivity (Wildman–Crippen MR) is 85.7 cm³/mol. The first-order valence-corrected chi connectivity index (χ1v) is 7.17. The van der Waals surface area contributed by atoms with Crippen LogP contribution in [0, 0.1) is 0 Å². The lowest BCUT2D eigenvalue weighted by molar-refractivity contribution is -0.155. The Balaban J connectivity index is 1.89. The van der Waals surface area contributed by atoms with Crippen LogP contribution in [0.15, 0.2) is 47.9 Å². The summed E-state index contributed by atoms with van der Waals surface area (Å²) in [5, 5.41) is 13.3. The fourth-order valence-electron chi connectivity index (χ4n) is 2.66. The maximum absolute atomic E-state index is 11.7. The maximum Gasteiger partial charge on any atom is 0.328 e. The highest BCUT2D eigenvalue weighted by molar-refractivity contribution is 5.84. The minimum Gasteiger partial charge on any atom is -0.480 e. The smallest absolute Gasteiger partial charge is 0.328 e. The van der Waals surface area contributed by atoms with Gasteiger partial charge in [0.2, 0.25) is 6.41 Å². The van der Waals surface area contributed by atoms with Crippen LogP contribution in [-0.2, 0) is 16.0 Å². The molecule has 1 amide bonds. The maximum atomic E-state index is 11.7. The Kier molecular flexibility index (Phi) is 4.09. The number of nitrogens with one attached hydrogen (secondary N) is 1. The zero-order chi connectivity index (χ0) is 16.2. The average Bonchev–Trinajstić information content (AvgIpc) is 2.99. The minimum atomic E-state index is -1.06. The fourth-order valence-corrected chi connectivity index (χ4v) is 2.66. The number of aliphatic carboxylic acids is 1. The van der Waals surface area contributed by atoms with Gasteiger partial charge in [-0.25, -0.2) is 9.80 Å². The normalized spacial score (nSPS) is 14.9. The Labute approximate surface area is 132 Å². The van der Waals surface area contributed by atoms with Crippen molar-refractivity contribution in [2.45, 2.75) is 12.5 Å². The molecule has 23 heavy (non-hydrogen) atoms. The van der Waals surface area contributed by atoms with Gasteiger partial charge in [0, 0.05) is 42.1 Å². The molecule has 0 bridgehead atoms. The van der Waals surface area contributed by atoms with Crippen molar-refractivity contribution in [1.29, 1.82) is 0 Å². The molecule has 7 nitrogen and oxygen atoms in total. The molecule has 118 valence electrons. The van der Waals surface area contributed by atoms with E-state index in [1.165, 1.54) is 16.2 Å². The van der Waals surface area contributed by atoms with Crippen LogP contribution in [0.1, 0.15) is 5.56 Å². The van der Waals surface area contributed by atoms with Crippen molar-refractivity contribution in [1.82, 2.24) is 15.0 Å². The standard InChI is InChI=1S/C16H16N4O3/c21-11-20(19-7-5-17-6-8-19)15(16(22)23)9-12-10-18-14-4-2-1-3-13(12)14/h1-7,10-11,15,18H,8-9H2,(H,22,23)/t15-/m0/s1. The van der Waals surface area contributed by atoms with Crippen molar-refractivity contribution in [3.8, 4) is 0 Å². The molecule has 0 radical (unpaired) electrons. The molecule has 2 N–H and O–H groups in total. The lowest BCUT2D eigenvalue weighted by Gasteiger charge is -2.34. The van der Waals surface area contributed by atoms with E-state index >= 15 is 0 Å². The van der Waals surface area contributed by atoms with E-state index in [0.717, 1.165) is 16.5 Å². The molecule has 2 aromatic rings. The number of carbonyl (C=O) groups excluding carboxylic acids is 1. The number of carboxylic acids is 1. The Morgan fingerprint density at radius 1 is 1.48 bits per heavy atom. The van der Waals surface area contributed by atoms with Gasteiger partial charge in [0.05, 0.1) is 6.54 Å². The van der Waals surface area contributed by atoms with Crippen LogP contribution in [0.2, 0.25) is 0 Å². The van der Waals surface area contributed by atoms with Crippen LogP contribution in [0.4, 0.5) is 0 Å². The van der Waals surface area contributed by atoms with Crippen molar-refractivity contribution >= 4 is 29.5 Å². The number of H-pyrrole nitrogens is 1. The molecule has 7 heteroatoms. The van der Waals surface area contributed by atoms with Crippen LogP contribution in [0.5, 0.6) is 0 Å². The summed E-state index contributed by atoms with van der Waals surface area (Å²) in [6.07, 6.45) is 7.25. The molecule has 0 spiro atoms. The molecule has 1 aliphatic rings. The number of carbonyl (C=O) groups is 2. The van der Waals surface area contributed by atoms with E-state index in [2.05, 4.69) is 9.98 Å². The Bertz CT molecular complexity index is 780. The Morgan fingerprint density at radius 2 is 2.30 bits per heavy atom. The Morgan fingerprint density at radius 3 is 3.00 bits per heavy atom. The van der Waals surface area contributed by atoms with Gasteiger partial charge in [-0.1, -0.05) is 18.2 Å². The van der Waals surface area contributed by atoms with E-state index in [1.807, 2.05) is 24.3 Å². The highest BCUT2D eigenvalue weighted by atomic mass is 16.4. The van der Waals surface area contributed by atoms with Gasteiger partial charge in [0.1, 0.15) is 0 Å². The predicted octanol–water partition coefficient (Wildman–Crippen LogP) is 1.39.